The van der Waals surface area contributed by atoms with Crippen molar-refractivity contribution >= 4 is 17.7 Å². The van der Waals surface area contributed by atoms with Gasteiger partial charge in [0.2, 0.25) is 0 Å². The number of benzene rings is 1. The van der Waals surface area contributed by atoms with Crippen LogP contribution in [-0.4, -0.2) is 43.0 Å². The minimum Gasteiger partial charge on any atom is -0.480 e. The molecule has 0 aliphatic carbocycles. The molecule has 21 heavy (non-hydrogen) atoms. The summed E-state index contributed by atoms with van der Waals surface area (Å²) in [6.45, 7) is 4.23. The van der Waals surface area contributed by atoms with Crippen LogP contribution in [0.1, 0.15) is 13.8 Å². The van der Waals surface area contributed by atoms with Crippen molar-refractivity contribution < 1.29 is 24.2 Å². The second kappa shape index (κ2) is 8.80. The molecule has 1 aromatic carbocycles. The van der Waals surface area contributed by atoms with E-state index in [-0.39, 0.29) is 6.04 Å². The summed E-state index contributed by atoms with van der Waals surface area (Å²) in [5.41, 5.74) is 0.403. The average Bonchev–Trinajstić information content (AvgIpc) is 2.44. The van der Waals surface area contributed by atoms with Crippen LogP contribution in [0, 0.1) is 0 Å². The highest BCUT2D eigenvalue weighted by atomic mass is 16.5. The number of carboxylic acids is 1. The van der Waals surface area contributed by atoms with Crippen LogP contribution in [0.25, 0.3) is 0 Å². The first-order chi connectivity index (χ1) is 10.0. The number of hydrogen-bond acceptors (Lipinski definition) is 4. The van der Waals surface area contributed by atoms with E-state index < -0.39 is 18.6 Å². The number of rotatable bonds is 8. The first kappa shape index (κ1) is 16.8. The van der Waals surface area contributed by atoms with Crippen molar-refractivity contribution in [3.63, 3.8) is 0 Å². The molecular weight excluding hydrogens is 276 g/mol. The summed E-state index contributed by atoms with van der Waals surface area (Å²) in [5.74, 6) is -0.785. The summed E-state index contributed by atoms with van der Waals surface area (Å²) in [4.78, 5) is 22.3. The molecule has 3 N–H and O–H groups in total. The second-order valence-electron chi connectivity index (χ2n) is 4.34. The van der Waals surface area contributed by atoms with Gasteiger partial charge in [-0.05, 0) is 26.0 Å². The molecule has 0 bridgehead atoms. The molecule has 0 saturated carbocycles. The average molecular weight is 296 g/mol. The Morgan fingerprint density at radius 2 is 2.05 bits per heavy atom. The van der Waals surface area contributed by atoms with Crippen molar-refractivity contribution in [1.29, 1.82) is 0 Å². The Morgan fingerprint density at radius 3 is 2.71 bits per heavy atom. The van der Waals surface area contributed by atoms with Crippen molar-refractivity contribution in [3.05, 3.63) is 24.3 Å². The van der Waals surface area contributed by atoms with Crippen LogP contribution >= 0.6 is 0 Å². The SMILES string of the molecule is CCOCC(C)NC(=O)Nc1ccccc1OCC(=O)O. The molecule has 1 unspecified atom stereocenters. The number of carboxylic acid groups (broad SMARTS) is 1. The Balaban J connectivity index is 2.57. The smallest absolute Gasteiger partial charge is 0.341 e. The van der Waals surface area contributed by atoms with Gasteiger partial charge >= 0.3 is 12.0 Å². The van der Waals surface area contributed by atoms with Crippen LogP contribution in [0.5, 0.6) is 5.75 Å². The van der Waals surface area contributed by atoms with E-state index >= 15 is 0 Å². The molecule has 1 atom stereocenters. The van der Waals surface area contributed by atoms with Crippen LogP contribution in [0.2, 0.25) is 0 Å². The predicted molar refractivity (Wildman–Crippen MR) is 77.7 cm³/mol. The third kappa shape index (κ3) is 6.62. The Kier molecular flexibility index (Phi) is 7.03. The number of ether oxygens (including phenoxy) is 2. The number of urea groups is 1. The summed E-state index contributed by atoms with van der Waals surface area (Å²) in [7, 11) is 0. The van der Waals surface area contributed by atoms with E-state index in [0.29, 0.717) is 24.7 Å². The lowest BCUT2D eigenvalue weighted by Gasteiger charge is -2.16. The van der Waals surface area contributed by atoms with E-state index in [1.807, 2.05) is 13.8 Å². The molecule has 1 rings (SSSR count). The maximum absolute atomic E-state index is 11.8. The van der Waals surface area contributed by atoms with Gasteiger partial charge in [-0.15, -0.1) is 0 Å². The number of aliphatic carboxylic acids is 1. The van der Waals surface area contributed by atoms with Gasteiger partial charge in [0, 0.05) is 6.61 Å². The normalized spacial score (nSPS) is 11.5. The Hall–Kier alpha value is -2.28. The van der Waals surface area contributed by atoms with E-state index in [9.17, 15) is 9.59 Å². The number of carbonyl (C=O) groups excluding carboxylic acids is 1. The molecule has 0 heterocycles. The summed E-state index contributed by atoms with van der Waals surface area (Å²) >= 11 is 0. The highest BCUT2D eigenvalue weighted by Gasteiger charge is 2.11. The zero-order valence-corrected chi connectivity index (χ0v) is 12.1. The number of hydrogen-bond donors (Lipinski definition) is 3. The lowest BCUT2D eigenvalue weighted by Crippen LogP contribution is -2.38. The van der Waals surface area contributed by atoms with Crippen molar-refractivity contribution in [2.24, 2.45) is 0 Å². The fourth-order valence-corrected chi connectivity index (χ4v) is 1.55. The fourth-order valence-electron chi connectivity index (χ4n) is 1.55. The van der Waals surface area contributed by atoms with Gasteiger partial charge in [-0.25, -0.2) is 9.59 Å². The van der Waals surface area contributed by atoms with E-state index in [2.05, 4.69) is 10.6 Å². The summed E-state index contributed by atoms with van der Waals surface area (Å²) < 4.78 is 10.3. The van der Waals surface area contributed by atoms with Crippen LogP contribution in [-0.2, 0) is 9.53 Å². The molecule has 1 aromatic rings. The maximum atomic E-state index is 11.8. The third-order valence-electron chi connectivity index (χ3n) is 2.44. The van der Waals surface area contributed by atoms with Gasteiger partial charge in [0.15, 0.2) is 6.61 Å². The van der Waals surface area contributed by atoms with Crippen LogP contribution in [0.3, 0.4) is 0 Å². The lowest BCUT2D eigenvalue weighted by molar-refractivity contribution is -0.139. The first-order valence-corrected chi connectivity index (χ1v) is 6.61. The number of nitrogens with one attached hydrogen (secondary N) is 2. The standard InChI is InChI=1S/C14H20N2O5/c1-3-20-8-10(2)15-14(19)16-11-6-4-5-7-12(11)21-9-13(17)18/h4-7,10H,3,8-9H2,1-2H3,(H,17,18)(H2,15,16,19). The molecule has 0 aliphatic heterocycles. The molecule has 0 fully saturated rings. The highest BCUT2D eigenvalue weighted by Crippen LogP contribution is 2.23. The van der Waals surface area contributed by atoms with Crippen molar-refractivity contribution in [1.82, 2.24) is 5.32 Å². The first-order valence-electron chi connectivity index (χ1n) is 6.61. The number of carbonyl (C=O) groups is 2. The number of para-hydroxylation sites is 2. The van der Waals surface area contributed by atoms with Crippen LogP contribution < -0.4 is 15.4 Å². The van der Waals surface area contributed by atoms with Gasteiger partial charge in [-0.1, -0.05) is 12.1 Å². The largest absolute Gasteiger partial charge is 0.480 e. The van der Waals surface area contributed by atoms with Crippen molar-refractivity contribution in [3.8, 4) is 5.75 Å². The minimum atomic E-state index is -1.08. The van der Waals surface area contributed by atoms with Crippen LogP contribution in [0.4, 0.5) is 10.5 Å². The third-order valence-corrected chi connectivity index (χ3v) is 2.44. The fraction of sp³-hybridized carbons (Fsp3) is 0.429. The summed E-state index contributed by atoms with van der Waals surface area (Å²) in [6, 6.07) is 6.07. The monoisotopic (exact) mass is 296 g/mol. The summed E-state index contributed by atoms with van der Waals surface area (Å²) in [5, 5.41) is 13.9. The molecule has 0 aliphatic rings. The van der Waals surface area contributed by atoms with Gasteiger partial charge in [0.05, 0.1) is 18.3 Å². The number of amides is 2. The quantitative estimate of drug-likeness (QED) is 0.678. The molecule has 7 nitrogen and oxygen atoms in total. The molecule has 0 saturated heterocycles. The molecule has 0 spiro atoms. The molecule has 2 amide bonds. The van der Waals surface area contributed by atoms with Gasteiger partial charge < -0.3 is 25.2 Å². The zero-order chi connectivity index (χ0) is 15.7. The molecular formula is C14H20N2O5. The van der Waals surface area contributed by atoms with Gasteiger partial charge in [0.25, 0.3) is 0 Å². The van der Waals surface area contributed by atoms with Crippen molar-refractivity contribution in [2.45, 2.75) is 19.9 Å². The lowest BCUT2D eigenvalue weighted by atomic mass is 10.3. The van der Waals surface area contributed by atoms with E-state index in [1.165, 1.54) is 0 Å². The molecule has 116 valence electrons. The van der Waals surface area contributed by atoms with Crippen molar-refractivity contribution in [2.75, 3.05) is 25.1 Å². The Labute approximate surface area is 123 Å². The molecule has 7 heteroatoms. The summed E-state index contributed by atoms with van der Waals surface area (Å²) in [6.07, 6.45) is 0. The van der Waals surface area contributed by atoms with Gasteiger partial charge in [-0.2, -0.15) is 0 Å². The maximum Gasteiger partial charge on any atom is 0.341 e. The topological polar surface area (TPSA) is 96.9 Å². The Bertz CT molecular complexity index is 478. The minimum absolute atomic E-state index is 0.142. The van der Waals surface area contributed by atoms with E-state index in [4.69, 9.17) is 14.6 Å². The second-order valence-corrected chi connectivity index (χ2v) is 4.34. The zero-order valence-electron chi connectivity index (χ0n) is 12.1. The number of anilines is 1. The van der Waals surface area contributed by atoms with Crippen LogP contribution in [0.15, 0.2) is 24.3 Å². The highest BCUT2D eigenvalue weighted by molar-refractivity contribution is 5.91. The van der Waals surface area contributed by atoms with E-state index in [0.717, 1.165) is 0 Å². The van der Waals surface area contributed by atoms with Gasteiger partial charge in [-0.3, -0.25) is 0 Å². The molecule has 0 radical (unpaired) electrons. The van der Waals surface area contributed by atoms with E-state index in [1.54, 1.807) is 24.3 Å². The van der Waals surface area contributed by atoms with Gasteiger partial charge in [0.1, 0.15) is 5.75 Å². The Morgan fingerprint density at radius 1 is 1.33 bits per heavy atom. The molecule has 0 aromatic heterocycles. The predicted octanol–water partition coefficient (Wildman–Crippen LogP) is 1.70.